The van der Waals surface area contributed by atoms with Crippen molar-refractivity contribution < 1.29 is 4.79 Å². The van der Waals surface area contributed by atoms with Gasteiger partial charge in [-0.1, -0.05) is 32.0 Å². The summed E-state index contributed by atoms with van der Waals surface area (Å²) in [7, 11) is 0. The monoisotopic (exact) mass is 273 g/mol. The Bertz CT molecular complexity index is 435. The fourth-order valence-electron chi connectivity index (χ4n) is 3.56. The summed E-state index contributed by atoms with van der Waals surface area (Å²) < 4.78 is 0. The molecule has 0 spiro atoms. The van der Waals surface area contributed by atoms with E-state index >= 15 is 0 Å². The zero-order valence-electron chi connectivity index (χ0n) is 12.8. The topological polar surface area (TPSA) is 29.1 Å². The maximum atomic E-state index is 11.0. The van der Waals surface area contributed by atoms with Crippen LogP contribution in [0.25, 0.3) is 0 Å². The van der Waals surface area contributed by atoms with E-state index in [-0.39, 0.29) is 0 Å². The molecule has 0 aromatic heterocycles. The molecule has 1 aromatic carbocycles. The van der Waals surface area contributed by atoms with Crippen molar-refractivity contribution in [2.75, 3.05) is 13.1 Å². The Hall–Kier alpha value is -1.15. The molecular formula is C18H27NO. The lowest BCUT2D eigenvalue weighted by Crippen LogP contribution is -2.31. The van der Waals surface area contributed by atoms with Crippen LogP contribution in [0.5, 0.6) is 0 Å². The van der Waals surface area contributed by atoms with Crippen molar-refractivity contribution in [1.29, 1.82) is 0 Å². The predicted octanol–water partition coefficient (Wildman–Crippen LogP) is 3.48. The average molecular weight is 273 g/mol. The van der Waals surface area contributed by atoms with Crippen molar-refractivity contribution in [3.05, 3.63) is 34.9 Å². The largest absolute Gasteiger partial charge is 0.317 e. The Kier molecular flexibility index (Phi) is 5.78. The molecule has 1 saturated heterocycles. The van der Waals surface area contributed by atoms with Crippen molar-refractivity contribution in [2.24, 2.45) is 5.92 Å². The highest BCUT2D eigenvalue weighted by molar-refractivity contribution is 5.57. The zero-order chi connectivity index (χ0) is 14.4. The molecule has 2 nitrogen and oxygen atoms in total. The third-order valence-corrected chi connectivity index (χ3v) is 4.71. The molecule has 1 N–H and O–H groups in total. The molecule has 1 atom stereocenters. The van der Waals surface area contributed by atoms with Crippen molar-refractivity contribution in [3.63, 3.8) is 0 Å². The molecule has 2 heteroatoms. The van der Waals surface area contributed by atoms with Crippen LogP contribution in [-0.2, 0) is 17.6 Å². The number of piperidine rings is 1. The number of rotatable bonds is 6. The van der Waals surface area contributed by atoms with Gasteiger partial charge in [0.2, 0.25) is 0 Å². The van der Waals surface area contributed by atoms with E-state index in [9.17, 15) is 4.79 Å². The first-order valence-corrected chi connectivity index (χ1v) is 8.06. The molecule has 0 amide bonds. The Morgan fingerprint density at radius 3 is 2.65 bits per heavy atom. The van der Waals surface area contributed by atoms with Crippen molar-refractivity contribution in [2.45, 2.75) is 51.9 Å². The Labute approximate surface area is 123 Å². The maximum absolute atomic E-state index is 11.0. The fourth-order valence-corrected chi connectivity index (χ4v) is 3.56. The minimum atomic E-state index is 0.560. The van der Waals surface area contributed by atoms with Crippen LogP contribution in [-0.4, -0.2) is 19.4 Å². The lowest BCUT2D eigenvalue weighted by Gasteiger charge is -2.31. The molecule has 0 radical (unpaired) electrons. The van der Waals surface area contributed by atoms with Gasteiger partial charge in [0.05, 0.1) is 0 Å². The van der Waals surface area contributed by atoms with Gasteiger partial charge in [0.25, 0.3) is 0 Å². The van der Waals surface area contributed by atoms with Crippen LogP contribution in [0.15, 0.2) is 18.2 Å². The highest BCUT2D eigenvalue weighted by atomic mass is 16.1. The number of nitrogens with one attached hydrogen (secondary N) is 1. The van der Waals surface area contributed by atoms with Gasteiger partial charge in [0.1, 0.15) is 6.29 Å². The highest BCUT2D eigenvalue weighted by Crippen LogP contribution is 2.35. The van der Waals surface area contributed by atoms with Gasteiger partial charge in [-0.2, -0.15) is 0 Å². The fraction of sp³-hybridized carbons (Fsp3) is 0.611. The molecule has 0 bridgehead atoms. The number of aldehydes is 1. The Balaban J connectivity index is 2.29. The quantitative estimate of drug-likeness (QED) is 0.804. The standard InChI is InChI=1S/C18H27NO/c1-3-14-5-6-18(16(13-14)9-12-20)17(4-2)15-7-10-19-11-8-15/h5-6,12-13,15,17,19H,3-4,7-11H2,1-2H3. The van der Waals surface area contributed by atoms with Crippen molar-refractivity contribution in [3.8, 4) is 0 Å². The molecule has 1 aromatic rings. The minimum absolute atomic E-state index is 0.560. The molecule has 0 saturated carbocycles. The average Bonchev–Trinajstić information content (AvgIpc) is 2.50. The summed E-state index contributed by atoms with van der Waals surface area (Å²) in [6, 6.07) is 6.77. The number of hydrogen-bond acceptors (Lipinski definition) is 2. The number of hydrogen-bond donors (Lipinski definition) is 1. The number of carbonyl (C=O) groups is 1. The van der Waals surface area contributed by atoms with E-state index in [1.54, 1.807) is 0 Å². The van der Waals surface area contributed by atoms with Crippen LogP contribution in [0.3, 0.4) is 0 Å². The SMILES string of the molecule is CCc1ccc(C(CC)C2CCNCC2)c(CC=O)c1. The van der Waals surface area contributed by atoms with E-state index in [0.717, 1.165) is 31.7 Å². The Morgan fingerprint density at radius 1 is 1.30 bits per heavy atom. The maximum Gasteiger partial charge on any atom is 0.124 e. The van der Waals surface area contributed by atoms with E-state index in [2.05, 4.69) is 37.4 Å². The smallest absolute Gasteiger partial charge is 0.124 e. The zero-order valence-corrected chi connectivity index (χ0v) is 12.8. The van der Waals surface area contributed by atoms with Crippen molar-refractivity contribution >= 4 is 6.29 Å². The molecule has 2 rings (SSSR count). The summed E-state index contributed by atoms with van der Waals surface area (Å²) >= 11 is 0. The molecule has 110 valence electrons. The summed E-state index contributed by atoms with van der Waals surface area (Å²) in [5.74, 6) is 1.37. The molecule has 1 unspecified atom stereocenters. The molecule has 1 fully saturated rings. The number of benzene rings is 1. The number of carbonyl (C=O) groups excluding carboxylic acids is 1. The first kappa shape index (κ1) is 15.2. The van der Waals surface area contributed by atoms with Crippen LogP contribution in [0.1, 0.15) is 55.7 Å². The second-order valence-corrected chi connectivity index (χ2v) is 5.86. The van der Waals surface area contributed by atoms with E-state index in [4.69, 9.17) is 0 Å². The van der Waals surface area contributed by atoms with Gasteiger partial charge in [0.15, 0.2) is 0 Å². The van der Waals surface area contributed by atoms with E-state index < -0.39 is 0 Å². The summed E-state index contributed by atoms with van der Waals surface area (Å²) in [5.41, 5.74) is 4.01. The molecule has 1 aliphatic heterocycles. The summed E-state index contributed by atoms with van der Waals surface area (Å²) in [6.45, 7) is 6.73. The second-order valence-electron chi connectivity index (χ2n) is 5.86. The van der Waals surface area contributed by atoms with Crippen LogP contribution < -0.4 is 5.32 Å². The first-order chi connectivity index (χ1) is 9.80. The minimum Gasteiger partial charge on any atom is -0.317 e. The van der Waals surface area contributed by atoms with Gasteiger partial charge in [0, 0.05) is 6.42 Å². The van der Waals surface area contributed by atoms with Gasteiger partial charge >= 0.3 is 0 Å². The third kappa shape index (κ3) is 3.49. The normalized spacial score (nSPS) is 17.9. The molecule has 1 heterocycles. The van der Waals surface area contributed by atoms with Crippen LogP contribution >= 0.6 is 0 Å². The van der Waals surface area contributed by atoms with Gasteiger partial charge in [-0.25, -0.2) is 0 Å². The van der Waals surface area contributed by atoms with E-state index in [1.165, 1.54) is 36.0 Å². The lowest BCUT2D eigenvalue weighted by atomic mass is 9.77. The molecule has 20 heavy (non-hydrogen) atoms. The van der Waals surface area contributed by atoms with Gasteiger partial charge in [-0.15, -0.1) is 0 Å². The summed E-state index contributed by atoms with van der Waals surface area (Å²) in [5, 5.41) is 3.45. The van der Waals surface area contributed by atoms with Gasteiger partial charge in [-0.3, -0.25) is 0 Å². The van der Waals surface area contributed by atoms with Crippen molar-refractivity contribution in [1.82, 2.24) is 5.32 Å². The van der Waals surface area contributed by atoms with Crippen LogP contribution in [0.4, 0.5) is 0 Å². The van der Waals surface area contributed by atoms with Crippen LogP contribution in [0, 0.1) is 5.92 Å². The first-order valence-electron chi connectivity index (χ1n) is 8.06. The van der Waals surface area contributed by atoms with E-state index in [0.29, 0.717) is 12.3 Å². The highest BCUT2D eigenvalue weighted by Gasteiger charge is 2.25. The Morgan fingerprint density at radius 2 is 2.05 bits per heavy atom. The second kappa shape index (κ2) is 7.58. The number of aryl methyl sites for hydroxylation is 1. The van der Waals surface area contributed by atoms with Crippen LogP contribution in [0.2, 0.25) is 0 Å². The molecular weight excluding hydrogens is 246 g/mol. The van der Waals surface area contributed by atoms with E-state index in [1.807, 2.05) is 0 Å². The lowest BCUT2D eigenvalue weighted by molar-refractivity contribution is -0.107. The predicted molar refractivity (Wildman–Crippen MR) is 84.2 cm³/mol. The molecule has 1 aliphatic rings. The summed E-state index contributed by atoms with van der Waals surface area (Å²) in [6.07, 6.45) is 6.33. The third-order valence-electron chi connectivity index (χ3n) is 4.71. The van der Waals surface area contributed by atoms with Gasteiger partial charge in [-0.05, 0) is 67.3 Å². The van der Waals surface area contributed by atoms with Gasteiger partial charge < -0.3 is 10.1 Å². The summed E-state index contributed by atoms with van der Waals surface area (Å²) in [4.78, 5) is 11.0. The molecule has 0 aliphatic carbocycles.